The van der Waals surface area contributed by atoms with Crippen molar-refractivity contribution >= 4 is 46.4 Å². The average molecular weight is 193 g/mol. The van der Waals surface area contributed by atoms with Crippen molar-refractivity contribution in [2.24, 2.45) is 0 Å². The van der Waals surface area contributed by atoms with Crippen molar-refractivity contribution in [1.82, 2.24) is 0 Å². The second-order valence-corrected chi connectivity index (χ2v) is 3.40. The third kappa shape index (κ3) is 12.0. The van der Waals surface area contributed by atoms with Gasteiger partial charge in [0.05, 0.1) is 21.1 Å². The van der Waals surface area contributed by atoms with E-state index in [2.05, 4.69) is 25.7 Å². The predicted octanol–water partition coefficient (Wildman–Crippen LogP) is 0.492. The van der Waals surface area contributed by atoms with Crippen molar-refractivity contribution in [3.8, 4) is 0 Å². The maximum atomic E-state index is 9.81. The number of likely N-dealkylation sites (N-methyl/N-ethyl adjacent to an activating group) is 1. The van der Waals surface area contributed by atoms with Crippen LogP contribution < -0.4 is 0 Å². The first-order valence-electron chi connectivity index (χ1n) is 2.85. The molecule has 0 radical (unpaired) electrons. The quantitative estimate of drug-likeness (QED) is 0.281. The second-order valence-electron chi connectivity index (χ2n) is 2.95. The summed E-state index contributed by atoms with van der Waals surface area (Å²) in [4.78, 5) is 0. The summed E-state index contributed by atoms with van der Waals surface area (Å²) in [5.74, 6) is 0. The Labute approximate surface area is 96.6 Å². The zero-order chi connectivity index (χ0) is 7.33. The Bertz CT molecular complexity index is 102. The van der Waals surface area contributed by atoms with E-state index in [0.717, 1.165) is 11.0 Å². The van der Waals surface area contributed by atoms with Gasteiger partial charge in [0, 0.05) is 0 Å². The summed E-state index contributed by atoms with van der Waals surface area (Å²) in [6, 6.07) is 0. The smallest absolute Gasteiger partial charge is 1.00 e. The monoisotopic (exact) mass is 193 g/mol. The van der Waals surface area contributed by atoms with E-state index in [1.165, 1.54) is 0 Å². The molecule has 0 bridgehead atoms. The Morgan fingerprint density at radius 1 is 1.50 bits per heavy atom. The van der Waals surface area contributed by atoms with E-state index >= 15 is 0 Å². The largest absolute Gasteiger partial charge is 2.00 e. The zero-order valence-corrected chi connectivity index (χ0v) is 10.1. The summed E-state index contributed by atoms with van der Waals surface area (Å²) in [5.41, 5.74) is 0. The van der Waals surface area contributed by atoms with Crippen LogP contribution in [0.1, 0.15) is 2.85 Å². The average Bonchev–Trinajstić information content (AvgIpc) is 1.63. The molecule has 0 rings (SSSR count). The SMILES string of the molecule is C[N+](C)(C)CCO[PH+]=O.[Ca+2].[H-].[H-]. The maximum absolute atomic E-state index is 9.81. The summed E-state index contributed by atoms with van der Waals surface area (Å²) in [7, 11) is 5.58. The standard InChI is InChI=1S/C5H14NO2P.Ca.2H/c1-6(2,3)4-5-8-9-7;;;/h9H,4-5H2,1-3H3;;;/q2*+2;2*-1. The third-order valence-electron chi connectivity index (χ3n) is 0.923. The molecular formula is C5H16CaNO2P+2. The van der Waals surface area contributed by atoms with Gasteiger partial charge in [-0.2, -0.15) is 0 Å². The van der Waals surface area contributed by atoms with Crippen molar-refractivity contribution in [3.05, 3.63) is 0 Å². The number of rotatable bonds is 4. The van der Waals surface area contributed by atoms with Crippen LogP contribution in [0, 0.1) is 0 Å². The van der Waals surface area contributed by atoms with Gasteiger partial charge in [-0.25, -0.2) is 0 Å². The van der Waals surface area contributed by atoms with Crippen molar-refractivity contribution in [3.63, 3.8) is 0 Å². The summed E-state index contributed by atoms with van der Waals surface area (Å²) < 4.78 is 15.3. The van der Waals surface area contributed by atoms with E-state index in [0.29, 0.717) is 6.61 Å². The fraction of sp³-hybridized carbons (Fsp3) is 1.00. The molecule has 1 atom stereocenters. The van der Waals surface area contributed by atoms with Crippen molar-refractivity contribution in [2.45, 2.75) is 0 Å². The molecule has 0 aromatic carbocycles. The van der Waals surface area contributed by atoms with Gasteiger partial charge in [-0.05, 0) is 4.57 Å². The van der Waals surface area contributed by atoms with Gasteiger partial charge in [-0.3, -0.25) is 0 Å². The van der Waals surface area contributed by atoms with Crippen molar-refractivity contribution < 1.29 is 16.4 Å². The van der Waals surface area contributed by atoms with Crippen LogP contribution in [-0.2, 0) is 9.09 Å². The Balaban J connectivity index is -0.000000107. The first-order valence-corrected chi connectivity index (χ1v) is 3.67. The van der Waals surface area contributed by atoms with Crippen molar-refractivity contribution in [2.75, 3.05) is 34.3 Å². The summed E-state index contributed by atoms with van der Waals surface area (Å²) in [6.45, 7) is 1.47. The van der Waals surface area contributed by atoms with Gasteiger partial charge < -0.3 is 7.34 Å². The fourth-order valence-corrected chi connectivity index (χ4v) is 0.536. The molecular weight excluding hydrogens is 177 g/mol. The molecule has 0 aromatic rings. The molecule has 0 aliphatic rings. The summed E-state index contributed by atoms with van der Waals surface area (Å²) in [6.07, 6.45) is 0. The molecule has 0 N–H and O–H groups in total. The number of hydrogen-bond acceptors (Lipinski definition) is 2. The van der Waals surface area contributed by atoms with E-state index in [1.807, 2.05) is 0 Å². The molecule has 58 valence electrons. The van der Waals surface area contributed by atoms with Crippen LogP contribution in [0.5, 0.6) is 0 Å². The van der Waals surface area contributed by atoms with Crippen LogP contribution in [0.3, 0.4) is 0 Å². The minimum atomic E-state index is -0.616. The Kier molecular flexibility index (Phi) is 9.63. The minimum absolute atomic E-state index is 0. The van der Waals surface area contributed by atoms with E-state index in [9.17, 15) is 4.57 Å². The molecule has 0 saturated carbocycles. The van der Waals surface area contributed by atoms with Gasteiger partial charge in [-0.15, -0.1) is 4.52 Å². The van der Waals surface area contributed by atoms with E-state index in [4.69, 9.17) is 0 Å². The van der Waals surface area contributed by atoms with Gasteiger partial charge in [0.2, 0.25) is 0 Å². The van der Waals surface area contributed by atoms with E-state index in [1.54, 1.807) is 0 Å². The number of nitrogens with zero attached hydrogens (tertiary/aromatic N) is 1. The minimum Gasteiger partial charge on any atom is -1.00 e. The molecule has 0 aliphatic carbocycles. The Hall–Kier alpha value is 1.28. The molecule has 0 aliphatic heterocycles. The second kappa shape index (κ2) is 6.96. The van der Waals surface area contributed by atoms with Crippen LogP contribution in [-0.4, -0.2) is 76.5 Å². The van der Waals surface area contributed by atoms with Crippen LogP contribution >= 0.6 is 8.69 Å². The molecule has 0 aromatic heterocycles. The van der Waals surface area contributed by atoms with Crippen LogP contribution in [0.2, 0.25) is 0 Å². The van der Waals surface area contributed by atoms with Gasteiger partial charge in [0.25, 0.3) is 0 Å². The molecule has 0 heterocycles. The molecule has 0 saturated heterocycles. The third-order valence-corrected chi connectivity index (χ3v) is 1.25. The summed E-state index contributed by atoms with van der Waals surface area (Å²) >= 11 is 0. The van der Waals surface area contributed by atoms with Gasteiger partial charge in [0.1, 0.15) is 6.54 Å². The molecule has 0 amide bonds. The fourth-order valence-electron chi connectivity index (χ4n) is 0.361. The van der Waals surface area contributed by atoms with Crippen LogP contribution in [0.25, 0.3) is 0 Å². The molecule has 0 fully saturated rings. The number of quaternary nitrogens is 1. The van der Waals surface area contributed by atoms with Crippen LogP contribution in [0.4, 0.5) is 0 Å². The van der Waals surface area contributed by atoms with Crippen molar-refractivity contribution in [1.29, 1.82) is 0 Å². The van der Waals surface area contributed by atoms with Gasteiger partial charge in [0.15, 0.2) is 6.61 Å². The first kappa shape index (κ1) is 13.8. The Morgan fingerprint density at radius 2 is 2.00 bits per heavy atom. The normalized spacial score (nSPS) is 11.1. The maximum Gasteiger partial charge on any atom is 2.00 e. The molecule has 0 spiro atoms. The first-order chi connectivity index (χ1) is 4.06. The molecule has 1 unspecified atom stereocenters. The van der Waals surface area contributed by atoms with Gasteiger partial charge in [-0.1, -0.05) is 0 Å². The van der Waals surface area contributed by atoms with Gasteiger partial charge >= 0.3 is 46.4 Å². The van der Waals surface area contributed by atoms with E-state index < -0.39 is 8.69 Å². The van der Waals surface area contributed by atoms with E-state index in [-0.39, 0.29) is 40.6 Å². The zero-order valence-electron chi connectivity index (χ0n) is 8.89. The number of hydrogen-bond donors (Lipinski definition) is 0. The van der Waals surface area contributed by atoms with Crippen LogP contribution in [0.15, 0.2) is 0 Å². The molecule has 5 heteroatoms. The Morgan fingerprint density at radius 3 is 2.30 bits per heavy atom. The molecule has 3 nitrogen and oxygen atoms in total. The topological polar surface area (TPSA) is 26.3 Å². The predicted molar refractivity (Wildman–Crippen MR) is 45.8 cm³/mol. The summed E-state index contributed by atoms with van der Waals surface area (Å²) in [5, 5.41) is 0. The molecule has 10 heavy (non-hydrogen) atoms.